The molecule has 1 atom stereocenters. The number of benzene rings is 3. The van der Waals surface area contributed by atoms with E-state index in [0.29, 0.717) is 5.02 Å². The summed E-state index contributed by atoms with van der Waals surface area (Å²) >= 11 is 24.3. The van der Waals surface area contributed by atoms with Crippen LogP contribution in [0, 0.1) is 0 Å². The minimum atomic E-state index is -5.08. The van der Waals surface area contributed by atoms with Crippen LogP contribution in [-0.2, 0) is 14.9 Å². The zero-order valence-corrected chi connectivity index (χ0v) is 18.1. The average Bonchev–Trinajstić information content (AvgIpc) is 2.63. The normalized spacial score (nSPS) is 13.8. The topological polar surface area (TPSA) is 94.8 Å². The highest BCUT2D eigenvalue weighted by atomic mass is 35.5. The summed E-state index contributed by atoms with van der Waals surface area (Å²) in [5.41, 5.74) is -0.464. The van der Waals surface area contributed by atoms with Crippen molar-refractivity contribution in [3.8, 4) is 11.5 Å². The van der Waals surface area contributed by atoms with Gasteiger partial charge in [0.15, 0.2) is 4.75 Å². The Labute approximate surface area is 186 Å². The molecule has 0 aliphatic rings. The van der Waals surface area contributed by atoms with Gasteiger partial charge in [-0.2, -0.15) is 8.42 Å². The molecule has 0 fully saturated rings. The molecule has 3 N–H and O–H groups in total. The SMILES string of the molecule is O=S(=O)(O)C(c1ccc(Cl)cc1)(c1cc(Cl)c(O)cc1O)c1cc(Cl)ccc1Cl. The molecule has 3 aromatic rings. The second kappa shape index (κ2) is 7.87. The van der Waals surface area contributed by atoms with Crippen LogP contribution >= 0.6 is 46.4 Å². The van der Waals surface area contributed by atoms with E-state index < -0.39 is 26.4 Å². The van der Waals surface area contributed by atoms with E-state index in [9.17, 15) is 23.2 Å². The summed E-state index contributed by atoms with van der Waals surface area (Å²) in [6, 6.07) is 11.5. The van der Waals surface area contributed by atoms with Gasteiger partial charge in [-0.05, 0) is 42.0 Å². The number of aromatic hydroxyl groups is 2. The monoisotopic (exact) mass is 492 g/mol. The van der Waals surface area contributed by atoms with Crippen molar-refractivity contribution in [2.75, 3.05) is 0 Å². The third-order valence-corrected chi connectivity index (χ3v) is 6.96. The van der Waals surface area contributed by atoms with Crippen LogP contribution in [0.1, 0.15) is 16.7 Å². The number of hydrogen-bond donors (Lipinski definition) is 3. The zero-order valence-electron chi connectivity index (χ0n) is 14.3. The van der Waals surface area contributed by atoms with Crippen molar-refractivity contribution in [3.63, 3.8) is 0 Å². The van der Waals surface area contributed by atoms with E-state index in [0.717, 1.165) is 12.1 Å². The fourth-order valence-corrected chi connectivity index (χ4v) is 5.27. The number of phenolic OH excluding ortho intramolecular Hbond substituents is 2. The lowest BCUT2D eigenvalue weighted by atomic mass is 9.83. The molecule has 0 bridgehead atoms. The maximum atomic E-state index is 13.0. The number of halogens is 4. The van der Waals surface area contributed by atoms with Crippen molar-refractivity contribution in [1.29, 1.82) is 0 Å². The van der Waals surface area contributed by atoms with Gasteiger partial charge < -0.3 is 10.2 Å². The molecule has 1 unspecified atom stereocenters. The molecular formula is C19H12Cl4O5S. The highest BCUT2D eigenvalue weighted by Crippen LogP contribution is 2.51. The van der Waals surface area contributed by atoms with Crippen molar-refractivity contribution in [2.24, 2.45) is 0 Å². The van der Waals surface area contributed by atoms with Gasteiger partial charge in [0.2, 0.25) is 0 Å². The third kappa shape index (κ3) is 3.77. The molecular weight excluding hydrogens is 482 g/mol. The van der Waals surface area contributed by atoms with Gasteiger partial charge in [0.05, 0.1) is 5.02 Å². The second-order valence-electron chi connectivity index (χ2n) is 6.11. The number of hydrogen-bond acceptors (Lipinski definition) is 4. The summed E-state index contributed by atoms with van der Waals surface area (Å²) in [6.07, 6.45) is 0. The Hall–Kier alpha value is -1.67. The Balaban J connectivity index is 2.61. The maximum absolute atomic E-state index is 13.0. The Morgan fingerprint density at radius 2 is 1.28 bits per heavy atom. The molecule has 152 valence electrons. The quantitative estimate of drug-likeness (QED) is 0.311. The van der Waals surface area contributed by atoms with Crippen LogP contribution in [0.2, 0.25) is 20.1 Å². The molecule has 3 aromatic carbocycles. The van der Waals surface area contributed by atoms with Gasteiger partial charge in [-0.1, -0.05) is 58.5 Å². The van der Waals surface area contributed by atoms with E-state index in [-0.39, 0.29) is 31.8 Å². The summed E-state index contributed by atoms with van der Waals surface area (Å²) in [5, 5.41) is 20.5. The summed E-state index contributed by atoms with van der Waals surface area (Å²) in [4.78, 5) is 0. The van der Waals surface area contributed by atoms with E-state index in [1.807, 2.05) is 0 Å². The molecule has 0 heterocycles. The van der Waals surface area contributed by atoms with Crippen LogP contribution in [0.5, 0.6) is 11.5 Å². The van der Waals surface area contributed by atoms with E-state index >= 15 is 0 Å². The minimum absolute atomic E-state index is 0.00521. The van der Waals surface area contributed by atoms with Crippen LogP contribution in [0.15, 0.2) is 54.6 Å². The summed E-state index contributed by atoms with van der Waals surface area (Å²) in [7, 11) is -5.08. The first-order chi connectivity index (χ1) is 13.5. The fraction of sp³-hybridized carbons (Fsp3) is 0.0526. The molecule has 5 nitrogen and oxygen atoms in total. The van der Waals surface area contributed by atoms with E-state index in [4.69, 9.17) is 46.4 Å². The summed E-state index contributed by atoms with van der Waals surface area (Å²) in [5.74, 6) is -1.12. The van der Waals surface area contributed by atoms with E-state index in [2.05, 4.69) is 0 Å². The number of rotatable bonds is 4. The molecule has 0 aromatic heterocycles. The van der Waals surface area contributed by atoms with Crippen LogP contribution in [0.3, 0.4) is 0 Å². The minimum Gasteiger partial charge on any atom is -0.507 e. The van der Waals surface area contributed by atoms with Crippen LogP contribution in [0.25, 0.3) is 0 Å². The van der Waals surface area contributed by atoms with Gasteiger partial charge in [0.25, 0.3) is 10.1 Å². The maximum Gasteiger partial charge on any atom is 0.283 e. The van der Waals surface area contributed by atoms with Crippen LogP contribution in [-0.4, -0.2) is 23.2 Å². The van der Waals surface area contributed by atoms with E-state index in [1.54, 1.807) is 0 Å². The molecule has 0 saturated carbocycles. The molecule has 3 rings (SSSR count). The lowest BCUT2D eigenvalue weighted by Gasteiger charge is -2.34. The molecule has 10 heteroatoms. The summed E-state index contributed by atoms with van der Waals surface area (Å²) < 4.78 is 34.0. The van der Waals surface area contributed by atoms with Crippen molar-refractivity contribution in [3.05, 3.63) is 91.4 Å². The standard InChI is InChI=1S/C19H12Cl4O5S/c20-11-3-1-10(2-4-11)19(29(26,27)28,13-7-12(21)5-6-15(13)22)14-8-16(23)18(25)9-17(14)24/h1-9,24-25H,(H,26,27,28). The molecule has 0 saturated heterocycles. The van der Waals surface area contributed by atoms with Crippen molar-refractivity contribution in [2.45, 2.75) is 4.75 Å². The molecule has 29 heavy (non-hydrogen) atoms. The predicted molar refractivity (Wildman–Crippen MR) is 114 cm³/mol. The number of phenols is 2. The molecule has 0 spiro atoms. The Morgan fingerprint density at radius 3 is 1.86 bits per heavy atom. The summed E-state index contributed by atoms with van der Waals surface area (Å²) in [6.45, 7) is 0. The highest BCUT2D eigenvalue weighted by molar-refractivity contribution is 7.87. The van der Waals surface area contributed by atoms with Crippen molar-refractivity contribution >= 4 is 56.5 Å². The van der Waals surface area contributed by atoms with Crippen LogP contribution in [0.4, 0.5) is 0 Å². The molecule has 0 amide bonds. The Morgan fingerprint density at radius 1 is 0.690 bits per heavy atom. The van der Waals surface area contributed by atoms with Gasteiger partial charge in [-0.15, -0.1) is 0 Å². The Bertz CT molecular complexity index is 1200. The second-order valence-corrected chi connectivity index (χ2v) is 9.36. The fourth-order valence-electron chi connectivity index (χ4n) is 3.17. The molecule has 0 aliphatic carbocycles. The first kappa shape index (κ1) is 22.0. The molecule has 0 aliphatic heterocycles. The lowest BCUT2D eigenvalue weighted by Crippen LogP contribution is -2.38. The van der Waals surface area contributed by atoms with Gasteiger partial charge in [-0.25, -0.2) is 0 Å². The smallest absolute Gasteiger partial charge is 0.283 e. The van der Waals surface area contributed by atoms with Gasteiger partial charge in [0.1, 0.15) is 11.5 Å². The Kier molecular flexibility index (Phi) is 5.98. The zero-order chi connectivity index (χ0) is 21.6. The first-order valence-electron chi connectivity index (χ1n) is 7.89. The highest BCUT2D eigenvalue weighted by Gasteiger charge is 2.51. The largest absolute Gasteiger partial charge is 0.507 e. The molecule has 0 radical (unpaired) electrons. The van der Waals surface area contributed by atoms with Gasteiger partial charge in [0, 0.05) is 32.3 Å². The first-order valence-corrected chi connectivity index (χ1v) is 10.8. The predicted octanol–water partition coefficient (Wildman–Crippen LogP) is 5.89. The van der Waals surface area contributed by atoms with Crippen molar-refractivity contribution < 1.29 is 23.2 Å². The third-order valence-electron chi connectivity index (χ3n) is 4.39. The average molecular weight is 494 g/mol. The van der Waals surface area contributed by atoms with Crippen molar-refractivity contribution in [1.82, 2.24) is 0 Å². The van der Waals surface area contributed by atoms with E-state index in [1.165, 1.54) is 42.5 Å². The van der Waals surface area contributed by atoms with Gasteiger partial charge >= 0.3 is 0 Å². The lowest BCUT2D eigenvalue weighted by molar-refractivity contribution is 0.431. The van der Waals surface area contributed by atoms with Gasteiger partial charge in [-0.3, -0.25) is 4.55 Å². The van der Waals surface area contributed by atoms with Crippen LogP contribution < -0.4 is 0 Å².